The molecule has 1 atom stereocenters. The smallest absolute Gasteiger partial charge is 0.406 e. The SMILES string of the molecule is O=C(CP/N=C/c1ccc[nH]1)Nc1nc2ccc(OC(F)(F)F)cc2s1. The quantitative estimate of drug-likeness (QED) is 0.481. The Bertz CT molecular complexity index is 925. The van der Waals surface area contributed by atoms with E-state index in [1.807, 2.05) is 12.1 Å². The molecule has 6 nitrogen and oxygen atoms in total. The van der Waals surface area contributed by atoms with Gasteiger partial charge in [0.2, 0.25) is 5.91 Å². The number of aromatic nitrogens is 2. The molecule has 0 aliphatic carbocycles. The van der Waals surface area contributed by atoms with Gasteiger partial charge in [-0.25, -0.2) is 4.98 Å². The fraction of sp³-hybridized carbons (Fsp3) is 0.133. The second kappa shape index (κ2) is 7.84. The summed E-state index contributed by atoms with van der Waals surface area (Å²) in [5.41, 5.74) is 1.33. The molecule has 1 aromatic carbocycles. The molecule has 3 aromatic rings. The van der Waals surface area contributed by atoms with Crippen LogP contribution in [0.3, 0.4) is 0 Å². The zero-order valence-corrected chi connectivity index (χ0v) is 14.8. The first-order valence-electron chi connectivity index (χ1n) is 7.24. The van der Waals surface area contributed by atoms with Gasteiger partial charge in [-0.3, -0.25) is 9.56 Å². The average molecular weight is 400 g/mol. The van der Waals surface area contributed by atoms with Gasteiger partial charge in [-0.15, -0.1) is 13.2 Å². The minimum atomic E-state index is -4.75. The van der Waals surface area contributed by atoms with E-state index in [4.69, 9.17) is 0 Å². The minimum Gasteiger partial charge on any atom is -0.406 e. The van der Waals surface area contributed by atoms with Crippen LogP contribution >= 0.6 is 20.1 Å². The number of nitrogens with zero attached hydrogens (tertiary/aromatic N) is 2. The molecule has 0 bridgehead atoms. The zero-order chi connectivity index (χ0) is 18.6. The topological polar surface area (TPSA) is 79.4 Å². The summed E-state index contributed by atoms with van der Waals surface area (Å²) in [6.07, 6.45) is -1.15. The Kier molecular flexibility index (Phi) is 5.53. The molecule has 0 fully saturated rings. The second-order valence-corrected chi connectivity index (χ2v) is 6.92. The number of carbonyl (C=O) groups excluding carboxylic acids is 1. The third kappa shape index (κ3) is 5.27. The van der Waals surface area contributed by atoms with Crippen LogP contribution in [0.1, 0.15) is 5.69 Å². The van der Waals surface area contributed by atoms with E-state index in [0.717, 1.165) is 17.0 Å². The number of halogens is 3. The fourth-order valence-corrected chi connectivity index (χ4v) is 3.44. The molecule has 0 aliphatic heterocycles. The van der Waals surface area contributed by atoms with Crippen molar-refractivity contribution in [1.82, 2.24) is 9.97 Å². The Hall–Kier alpha value is -2.45. The Morgan fingerprint density at radius 1 is 1.42 bits per heavy atom. The summed E-state index contributed by atoms with van der Waals surface area (Å²) in [6, 6.07) is 7.52. The maximum absolute atomic E-state index is 12.3. The number of carbonyl (C=O) groups is 1. The van der Waals surface area contributed by atoms with Gasteiger partial charge < -0.3 is 15.0 Å². The molecule has 0 aliphatic rings. The van der Waals surface area contributed by atoms with Crippen molar-refractivity contribution in [3.8, 4) is 5.75 Å². The van der Waals surface area contributed by atoms with Crippen LogP contribution < -0.4 is 10.1 Å². The lowest BCUT2D eigenvalue weighted by molar-refractivity contribution is -0.274. The van der Waals surface area contributed by atoms with Crippen molar-refractivity contribution in [2.75, 3.05) is 11.5 Å². The van der Waals surface area contributed by atoms with Gasteiger partial charge >= 0.3 is 6.36 Å². The van der Waals surface area contributed by atoms with Crippen LogP contribution in [-0.2, 0) is 4.79 Å². The summed E-state index contributed by atoms with van der Waals surface area (Å²) in [5, 5.41) is 2.94. The number of rotatable bonds is 6. The molecule has 2 heterocycles. The zero-order valence-electron chi connectivity index (χ0n) is 13.0. The first kappa shape index (κ1) is 18.3. The number of benzene rings is 1. The second-order valence-electron chi connectivity index (χ2n) is 4.96. The Labute approximate surface area is 151 Å². The number of thiazole rings is 1. The molecule has 3 rings (SSSR count). The predicted molar refractivity (Wildman–Crippen MR) is 96.5 cm³/mol. The Morgan fingerprint density at radius 2 is 2.27 bits per heavy atom. The van der Waals surface area contributed by atoms with Crippen molar-refractivity contribution < 1.29 is 22.7 Å². The van der Waals surface area contributed by atoms with E-state index in [2.05, 4.69) is 24.8 Å². The van der Waals surface area contributed by atoms with Crippen molar-refractivity contribution in [2.24, 2.45) is 4.76 Å². The van der Waals surface area contributed by atoms with Crippen LogP contribution in [0.4, 0.5) is 18.3 Å². The predicted octanol–water partition coefficient (Wildman–Crippen LogP) is 4.17. The highest BCUT2D eigenvalue weighted by Gasteiger charge is 2.31. The number of amides is 1. The molecule has 0 saturated heterocycles. The summed E-state index contributed by atoms with van der Waals surface area (Å²) in [7, 11) is 0.0519. The lowest BCUT2D eigenvalue weighted by Crippen LogP contribution is -2.16. The van der Waals surface area contributed by atoms with Crippen LogP contribution in [0.2, 0.25) is 0 Å². The van der Waals surface area contributed by atoms with Crippen LogP contribution in [0.15, 0.2) is 41.3 Å². The summed E-state index contributed by atoms with van der Waals surface area (Å²) >= 11 is 1.07. The molecule has 136 valence electrons. The lowest BCUT2D eigenvalue weighted by Gasteiger charge is -2.07. The summed E-state index contributed by atoms with van der Waals surface area (Å²) in [5.74, 6) is -0.593. The van der Waals surface area contributed by atoms with E-state index in [-0.39, 0.29) is 26.6 Å². The highest BCUT2D eigenvalue weighted by molar-refractivity contribution is 7.38. The maximum Gasteiger partial charge on any atom is 0.573 e. The highest BCUT2D eigenvalue weighted by atomic mass is 32.1. The Morgan fingerprint density at radius 3 is 3.00 bits per heavy atom. The standard InChI is InChI=1S/C15H12F3N4O2PS/c16-15(17,18)24-10-3-4-11-12(6-10)26-14(21-11)22-13(23)8-25-20-7-9-2-1-5-19-9/h1-7,19,25H,8H2,(H,21,22,23)/b20-7+. The number of ether oxygens (including phenoxy) is 1. The minimum absolute atomic E-state index is 0.0519. The van der Waals surface area contributed by atoms with Crippen LogP contribution in [-0.4, -0.2) is 34.6 Å². The van der Waals surface area contributed by atoms with E-state index >= 15 is 0 Å². The molecule has 11 heteroatoms. The largest absolute Gasteiger partial charge is 0.573 e. The molecule has 0 radical (unpaired) electrons. The normalized spacial score (nSPS) is 12.4. The molecule has 0 saturated carbocycles. The monoisotopic (exact) mass is 400 g/mol. The highest BCUT2D eigenvalue weighted by Crippen LogP contribution is 2.31. The molecule has 0 spiro atoms. The van der Waals surface area contributed by atoms with Gasteiger partial charge in [0.25, 0.3) is 0 Å². The van der Waals surface area contributed by atoms with Gasteiger partial charge in [0, 0.05) is 27.2 Å². The van der Waals surface area contributed by atoms with E-state index in [1.165, 1.54) is 18.2 Å². The summed E-state index contributed by atoms with van der Waals surface area (Å²) in [6.45, 7) is 0. The Balaban J connectivity index is 1.57. The fourth-order valence-electron chi connectivity index (χ4n) is 1.98. The third-order valence-corrected chi connectivity index (χ3v) is 4.72. The van der Waals surface area contributed by atoms with Crippen LogP contribution in [0.5, 0.6) is 5.75 Å². The summed E-state index contributed by atoms with van der Waals surface area (Å²) in [4.78, 5) is 19.0. The van der Waals surface area contributed by atoms with Gasteiger partial charge in [0.05, 0.1) is 22.1 Å². The van der Waals surface area contributed by atoms with Gasteiger partial charge in [-0.1, -0.05) is 11.3 Å². The van der Waals surface area contributed by atoms with E-state index in [9.17, 15) is 18.0 Å². The average Bonchev–Trinajstić information content (AvgIpc) is 3.18. The first-order chi connectivity index (χ1) is 12.4. The van der Waals surface area contributed by atoms with Crippen molar-refractivity contribution in [1.29, 1.82) is 0 Å². The van der Waals surface area contributed by atoms with E-state index in [1.54, 1.807) is 12.4 Å². The third-order valence-electron chi connectivity index (χ3n) is 3.00. The number of anilines is 1. The molecule has 2 aromatic heterocycles. The van der Waals surface area contributed by atoms with Gasteiger partial charge in [-0.05, 0) is 24.3 Å². The molecule has 1 unspecified atom stereocenters. The van der Waals surface area contributed by atoms with Crippen molar-refractivity contribution in [2.45, 2.75) is 6.36 Å². The number of hydrogen-bond acceptors (Lipinski definition) is 5. The molecule has 1 amide bonds. The van der Waals surface area contributed by atoms with Crippen molar-refractivity contribution >= 4 is 47.5 Å². The van der Waals surface area contributed by atoms with E-state index in [0.29, 0.717) is 15.3 Å². The molecular weight excluding hydrogens is 388 g/mol. The van der Waals surface area contributed by atoms with Crippen LogP contribution in [0, 0.1) is 0 Å². The van der Waals surface area contributed by atoms with Crippen LogP contribution in [0.25, 0.3) is 10.2 Å². The number of fused-ring (bicyclic) bond motifs is 1. The number of H-pyrrole nitrogens is 1. The number of alkyl halides is 3. The molecule has 26 heavy (non-hydrogen) atoms. The van der Waals surface area contributed by atoms with Gasteiger partial charge in [-0.2, -0.15) is 0 Å². The lowest BCUT2D eigenvalue weighted by atomic mass is 10.3. The van der Waals surface area contributed by atoms with Crippen molar-refractivity contribution in [3.05, 3.63) is 42.2 Å². The number of hydrogen-bond donors (Lipinski definition) is 2. The molecule has 2 N–H and O–H groups in total. The summed E-state index contributed by atoms with van der Waals surface area (Å²) < 4.78 is 45.3. The first-order valence-corrected chi connectivity index (χ1v) is 9.22. The van der Waals surface area contributed by atoms with Crippen molar-refractivity contribution in [3.63, 3.8) is 0 Å². The van der Waals surface area contributed by atoms with Gasteiger partial charge in [0.1, 0.15) is 5.75 Å². The van der Waals surface area contributed by atoms with E-state index < -0.39 is 6.36 Å². The number of nitrogens with one attached hydrogen (secondary N) is 2. The number of aromatic amines is 1. The molecular formula is C15H12F3N4O2PS. The van der Waals surface area contributed by atoms with Gasteiger partial charge in [0.15, 0.2) is 5.13 Å². The maximum atomic E-state index is 12.3.